The largest absolute Gasteiger partial charge is 0.416 e. The number of aromatic nitrogens is 8. The van der Waals surface area contributed by atoms with E-state index in [2.05, 4.69) is 36.0 Å². The lowest BCUT2D eigenvalue weighted by atomic mass is 9.94. The molecule has 6 aromatic carbocycles. The molecule has 10 aromatic rings. The van der Waals surface area contributed by atoms with Crippen molar-refractivity contribution in [2.75, 3.05) is 0 Å². The number of rotatable bonds is 5. The van der Waals surface area contributed by atoms with E-state index in [0.29, 0.717) is 51.9 Å². The van der Waals surface area contributed by atoms with Crippen molar-refractivity contribution in [1.82, 2.24) is 39.0 Å². The molecule has 0 aliphatic carbocycles. The summed E-state index contributed by atoms with van der Waals surface area (Å²) >= 11 is 0. The molecule has 13 heteroatoms. The summed E-state index contributed by atoms with van der Waals surface area (Å²) in [5, 5.41) is 24.3. The number of hydrogen-bond donors (Lipinski definition) is 0. The Morgan fingerprint density at radius 3 is 1.31 bits per heavy atom. The first-order valence-corrected chi connectivity index (χ1v) is 19.6. The second-order valence-electron chi connectivity index (χ2n) is 15.1. The Kier molecular flexibility index (Phi) is 8.68. The van der Waals surface area contributed by atoms with E-state index in [4.69, 9.17) is 0 Å². The SMILES string of the molecule is Cc1nc(C)nc(-c2ccc3c(c2)c2ccccc2n3-c2cc(C#N)cc(-n3c4ccccc4c4cc(-c5nc(C)nc(C)n5)ccc43)c2-c2cc(C#N)cc(C(F)(F)F)c2)n1. The van der Waals surface area contributed by atoms with Crippen LogP contribution in [0.15, 0.2) is 115 Å². The van der Waals surface area contributed by atoms with Crippen molar-refractivity contribution in [3.05, 3.63) is 155 Å². The number of aryl methyl sites for hydroxylation is 4. The molecule has 0 unspecified atom stereocenters. The van der Waals surface area contributed by atoms with Crippen LogP contribution in [0.25, 0.3) is 88.9 Å². The topological polar surface area (TPSA) is 135 Å². The van der Waals surface area contributed by atoms with Crippen LogP contribution in [0.3, 0.4) is 0 Å². The van der Waals surface area contributed by atoms with Gasteiger partial charge in [0.05, 0.1) is 62.3 Å². The first-order chi connectivity index (χ1) is 29.9. The van der Waals surface area contributed by atoms with E-state index < -0.39 is 11.7 Å². The van der Waals surface area contributed by atoms with Gasteiger partial charge in [-0.3, -0.25) is 0 Å². The maximum Gasteiger partial charge on any atom is 0.416 e. The summed E-state index contributed by atoms with van der Waals surface area (Å²) in [4.78, 5) is 27.1. The second-order valence-corrected chi connectivity index (χ2v) is 15.1. The zero-order chi connectivity index (χ0) is 43.0. The molecule has 298 valence electrons. The van der Waals surface area contributed by atoms with Crippen LogP contribution in [0.5, 0.6) is 0 Å². The van der Waals surface area contributed by atoms with E-state index in [9.17, 15) is 23.7 Å². The van der Waals surface area contributed by atoms with Crippen molar-refractivity contribution in [1.29, 1.82) is 10.5 Å². The average molecular weight is 817 g/mol. The fraction of sp³-hybridized carbons (Fsp3) is 0.102. The summed E-state index contributed by atoms with van der Waals surface area (Å²) in [6, 6.07) is 38.2. The van der Waals surface area contributed by atoms with Gasteiger partial charge in [0.1, 0.15) is 23.3 Å². The maximum absolute atomic E-state index is 14.8. The lowest BCUT2D eigenvalue weighted by molar-refractivity contribution is -0.137. The molecule has 0 atom stereocenters. The van der Waals surface area contributed by atoms with Crippen LogP contribution in [0, 0.1) is 50.4 Å². The predicted molar refractivity (Wildman–Crippen MR) is 232 cm³/mol. The minimum atomic E-state index is -4.77. The molecule has 4 aromatic heterocycles. The molecule has 62 heavy (non-hydrogen) atoms. The summed E-state index contributed by atoms with van der Waals surface area (Å²) in [5.74, 6) is 3.33. The molecule has 0 fully saturated rings. The van der Waals surface area contributed by atoms with Crippen LogP contribution < -0.4 is 0 Å². The highest BCUT2D eigenvalue weighted by Crippen LogP contribution is 2.45. The molecule has 0 bridgehead atoms. The number of halogens is 3. The average Bonchev–Trinajstić information content (AvgIpc) is 3.77. The minimum absolute atomic E-state index is 0.142. The molecule has 4 heterocycles. The van der Waals surface area contributed by atoms with E-state index in [1.807, 2.05) is 128 Å². The van der Waals surface area contributed by atoms with Crippen molar-refractivity contribution >= 4 is 43.6 Å². The zero-order valence-corrected chi connectivity index (χ0v) is 33.6. The lowest BCUT2D eigenvalue weighted by Crippen LogP contribution is -2.08. The van der Waals surface area contributed by atoms with Crippen molar-refractivity contribution < 1.29 is 13.2 Å². The van der Waals surface area contributed by atoms with Crippen molar-refractivity contribution in [2.45, 2.75) is 33.9 Å². The molecule has 0 radical (unpaired) electrons. The molecule has 10 nitrogen and oxygen atoms in total. The third kappa shape index (κ3) is 6.26. The monoisotopic (exact) mass is 816 g/mol. The summed E-state index contributed by atoms with van der Waals surface area (Å²) in [5.41, 5.74) is 4.96. The predicted octanol–water partition coefficient (Wildman–Crippen LogP) is 11.2. The normalized spacial score (nSPS) is 11.8. The van der Waals surface area contributed by atoms with Gasteiger partial charge in [-0.15, -0.1) is 0 Å². The van der Waals surface area contributed by atoms with Gasteiger partial charge >= 0.3 is 6.18 Å². The summed E-state index contributed by atoms with van der Waals surface area (Å²) in [6.45, 7) is 7.23. The number of fused-ring (bicyclic) bond motifs is 6. The van der Waals surface area contributed by atoms with Crippen LogP contribution in [-0.2, 0) is 6.18 Å². The fourth-order valence-corrected chi connectivity index (χ4v) is 8.56. The third-order valence-corrected chi connectivity index (χ3v) is 11.0. The van der Waals surface area contributed by atoms with Gasteiger partial charge in [-0.05, 0) is 112 Å². The molecule has 0 aliphatic rings. The lowest BCUT2D eigenvalue weighted by Gasteiger charge is -2.22. The van der Waals surface area contributed by atoms with Gasteiger partial charge in [-0.25, -0.2) is 29.9 Å². The van der Waals surface area contributed by atoms with Gasteiger partial charge in [-0.1, -0.05) is 36.4 Å². The van der Waals surface area contributed by atoms with E-state index >= 15 is 0 Å². The molecule has 0 aliphatic heterocycles. The van der Waals surface area contributed by atoms with Gasteiger partial charge in [0.25, 0.3) is 0 Å². The van der Waals surface area contributed by atoms with Crippen LogP contribution in [-0.4, -0.2) is 39.0 Å². The van der Waals surface area contributed by atoms with Gasteiger partial charge in [-0.2, -0.15) is 23.7 Å². The van der Waals surface area contributed by atoms with Crippen LogP contribution in [0.4, 0.5) is 13.2 Å². The van der Waals surface area contributed by atoms with Gasteiger partial charge < -0.3 is 9.13 Å². The summed E-state index contributed by atoms with van der Waals surface area (Å²) < 4.78 is 48.2. The third-order valence-electron chi connectivity index (χ3n) is 11.0. The Morgan fingerprint density at radius 1 is 0.452 bits per heavy atom. The molecule has 0 saturated heterocycles. The second kappa shape index (κ2) is 14.2. The van der Waals surface area contributed by atoms with Crippen molar-refractivity contribution in [3.8, 4) is 57.4 Å². The molecular formula is C49H31F3N10. The number of nitrogens with zero attached hydrogens (tertiary/aromatic N) is 10. The smallest absolute Gasteiger partial charge is 0.308 e. The fourth-order valence-electron chi connectivity index (χ4n) is 8.56. The van der Waals surface area contributed by atoms with Crippen molar-refractivity contribution in [2.24, 2.45) is 0 Å². The molecule has 0 amide bonds. The quantitative estimate of drug-likeness (QED) is 0.168. The molecule has 0 saturated carbocycles. The van der Waals surface area contributed by atoms with Crippen LogP contribution >= 0.6 is 0 Å². The van der Waals surface area contributed by atoms with Crippen molar-refractivity contribution in [3.63, 3.8) is 0 Å². The van der Waals surface area contributed by atoms with Crippen LogP contribution in [0.1, 0.15) is 40.0 Å². The number of nitriles is 2. The highest BCUT2D eigenvalue weighted by atomic mass is 19.4. The Balaban J connectivity index is 1.34. The zero-order valence-electron chi connectivity index (χ0n) is 33.6. The van der Waals surface area contributed by atoms with Gasteiger partial charge in [0.15, 0.2) is 11.6 Å². The number of hydrogen-bond acceptors (Lipinski definition) is 8. The van der Waals surface area contributed by atoms with Crippen LogP contribution in [0.2, 0.25) is 0 Å². The summed E-state index contributed by atoms with van der Waals surface area (Å²) in [6.07, 6.45) is -4.77. The summed E-state index contributed by atoms with van der Waals surface area (Å²) in [7, 11) is 0. The molecule has 10 rings (SSSR count). The number of alkyl halides is 3. The highest BCUT2D eigenvalue weighted by molar-refractivity contribution is 6.13. The Morgan fingerprint density at radius 2 is 0.871 bits per heavy atom. The Labute approximate surface area is 351 Å². The Bertz CT molecular complexity index is 3370. The minimum Gasteiger partial charge on any atom is -0.308 e. The van der Waals surface area contributed by atoms with Gasteiger partial charge in [0.2, 0.25) is 0 Å². The number of para-hydroxylation sites is 2. The molecule has 0 spiro atoms. The van der Waals surface area contributed by atoms with E-state index in [-0.39, 0.29) is 16.7 Å². The maximum atomic E-state index is 14.8. The standard InChI is InChI=1S/C49H31F3N10/c1-26-55-27(2)58-47(57-26)32-13-15-42-38(22-32)36-9-5-7-11-40(36)61(42)44-19-31(25-54)20-45(46(44)34-17-30(24-53)18-35(21-34)49(50,51)52)62-41-12-8-6-10-37(41)39-23-33(14-16-43(39)62)48-59-28(3)56-29(4)60-48/h5-23H,1-4H3. The first kappa shape index (κ1) is 37.9. The molecular weight excluding hydrogens is 786 g/mol. The van der Waals surface area contributed by atoms with Gasteiger partial charge in [0, 0.05) is 38.2 Å². The van der Waals surface area contributed by atoms with E-state index in [1.54, 1.807) is 12.1 Å². The van der Waals surface area contributed by atoms with E-state index in [0.717, 1.165) is 66.9 Å². The first-order valence-electron chi connectivity index (χ1n) is 19.6. The van der Waals surface area contributed by atoms with E-state index in [1.165, 1.54) is 6.07 Å². The highest BCUT2D eigenvalue weighted by Gasteiger charge is 2.33. The number of benzene rings is 6. The Hall–Kier alpha value is -8.29. The molecule has 0 N–H and O–H groups in total.